The van der Waals surface area contributed by atoms with Crippen LogP contribution < -0.4 is 5.73 Å². The van der Waals surface area contributed by atoms with Crippen LogP contribution in [-0.2, 0) is 5.41 Å². The van der Waals surface area contributed by atoms with E-state index in [4.69, 9.17) is 5.73 Å². The molecule has 1 aromatic rings. The molecular formula is C17H21NO2. The Morgan fingerprint density at radius 2 is 2.15 bits per heavy atom. The zero-order chi connectivity index (χ0) is 14.7. The topological polar surface area (TPSA) is 63.3 Å². The maximum absolute atomic E-state index is 11.7. The molecule has 20 heavy (non-hydrogen) atoms. The van der Waals surface area contributed by atoms with Gasteiger partial charge < -0.3 is 10.8 Å². The van der Waals surface area contributed by atoms with Crippen LogP contribution in [0.2, 0.25) is 0 Å². The average molecular weight is 271 g/mol. The largest absolute Gasteiger partial charge is 0.478 e. The predicted octanol–water partition coefficient (Wildman–Crippen LogP) is 3.60. The lowest BCUT2D eigenvalue weighted by molar-refractivity contribution is 0.0692. The maximum atomic E-state index is 11.7. The van der Waals surface area contributed by atoms with Gasteiger partial charge in [-0.2, -0.15) is 0 Å². The van der Waals surface area contributed by atoms with Crippen LogP contribution in [-0.4, -0.2) is 11.1 Å². The van der Waals surface area contributed by atoms with Gasteiger partial charge in [-0.15, -0.1) is 0 Å². The van der Waals surface area contributed by atoms with Crippen LogP contribution in [0.15, 0.2) is 30.4 Å². The number of anilines is 1. The number of nitrogens with two attached hydrogens (primary N) is 1. The Kier molecular flexibility index (Phi) is 2.56. The quantitative estimate of drug-likeness (QED) is 0.638. The molecule has 3 nitrogen and oxygen atoms in total. The van der Waals surface area contributed by atoms with Gasteiger partial charge in [-0.3, -0.25) is 0 Å². The number of carboxylic acid groups (broad SMARTS) is 1. The van der Waals surface area contributed by atoms with Crippen molar-refractivity contribution < 1.29 is 9.90 Å². The number of hydrogen-bond donors (Lipinski definition) is 2. The summed E-state index contributed by atoms with van der Waals surface area (Å²) in [6.07, 6.45) is 3.13. The van der Waals surface area contributed by atoms with Crippen LogP contribution in [0.25, 0.3) is 0 Å². The molecule has 2 fully saturated rings. The highest BCUT2D eigenvalue weighted by molar-refractivity contribution is 5.96. The summed E-state index contributed by atoms with van der Waals surface area (Å²) in [4.78, 5) is 11.7. The van der Waals surface area contributed by atoms with E-state index in [1.54, 1.807) is 6.07 Å². The molecular weight excluding hydrogens is 250 g/mol. The third-order valence-corrected chi connectivity index (χ3v) is 5.83. The molecule has 0 heterocycles. The number of aromatic carboxylic acids is 1. The number of nitrogen functional groups attached to an aromatic ring is 1. The van der Waals surface area contributed by atoms with Gasteiger partial charge >= 0.3 is 5.97 Å². The summed E-state index contributed by atoms with van der Waals surface area (Å²) in [5, 5.41) is 9.56. The summed E-state index contributed by atoms with van der Waals surface area (Å²) in [5.41, 5.74) is 8.55. The third kappa shape index (κ3) is 1.38. The van der Waals surface area contributed by atoms with Crippen molar-refractivity contribution in [3.05, 3.63) is 41.5 Å². The first kappa shape index (κ1) is 13.2. The number of carboxylic acids is 1. The predicted molar refractivity (Wildman–Crippen MR) is 79.8 cm³/mol. The van der Waals surface area contributed by atoms with E-state index in [9.17, 15) is 9.90 Å². The van der Waals surface area contributed by atoms with Crippen molar-refractivity contribution in [2.75, 3.05) is 5.73 Å². The molecule has 3 heteroatoms. The summed E-state index contributed by atoms with van der Waals surface area (Å²) >= 11 is 0. The van der Waals surface area contributed by atoms with Crippen LogP contribution in [0.4, 0.5) is 5.69 Å². The van der Waals surface area contributed by atoms with Crippen molar-refractivity contribution in [2.24, 2.45) is 11.3 Å². The lowest BCUT2D eigenvalue weighted by atomic mass is 9.59. The van der Waals surface area contributed by atoms with Gasteiger partial charge in [-0.05, 0) is 42.2 Å². The second-order valence-corrected chi connectivity index (χ2v) is 6.75. The molecule has 2 atom stereocenters. The Morgan fingerprint density at radius 1 is 1.45 bits per heavy atom. The van der Waals surface area contributed by atoms with Crippen molar-refractivity contribution in [3.8, 4) is 0 Å². The first-order valence-electron chi connectivity index (χ1n) is 7.13. The number of fused-ring (bicyclic) bond motifs is 2. The van der Waals surface area contributed by atoms with E-state index < -0.39 is 5.97 Å². The molecule has 2 saturated carbocycles. The highest BCUT2D eigenvalue weighted by Gasteiger charge is 2.60. The van der Waals surface area contributed by atoms with E-state index in [-0.39, 0.29) is 16.4 Å². The Hall–Kier alpha value is -1.77. The average Bonchev–Trinajstić information content (AvgIpc) is 2.89. The molecule has 0 aromatic heterocycles. The molecule has 0 radical (unpaired) electrons. The monoisotopic (exact) mass is 271 g/mol. The van der Waals surface area contributed by atoms with Crippen molar-refractivity contribution in [3.63, 3.8) is 0 Å². The molecule has 0 aliphatic heterocycles. The maximum Gasteiger partial charge on any atom is 0.338 e. The van der Waals surface area contributed by atoms with Crippen LogP contribution in [0, 0.1) is 11.3 Å². The third-order valence-electron chi connectivity index (χ3n) is 5.83. The van der Waals surface area contributed by atoms with E-state index in [2.05, 4.69) is 20.4 Å². The summed E-state index contributed by atoms with van der Waals surface area (Å²) < 4.78 is 0. The van der Waals surface area contributed by atoms with Gasteiger partial charge in [-0.25, -0.2) is 4.79 Å². The lowest BCUT2D eigenvalue weighted by Crippen LogP contribution is -2.39. The minimum atomic E-state index is -0.927. The first-order valence-corrected chi connectivity index (χ1v) is 7.13. The molecule has 1 aromatic carbocycles. The second-order valence-electron chi connectivity index (χ2n) is 6.75. The van der Waals surface area contributed by atoms with Crippen molar-refractivity contribution in [1.82, 2.24) is 0 Å². The Bertz CT molecular complexity index is 617. The molecule has 2 bridgehead atoms. The van der Waals surface area contributed by atoms with Crippen molar-refractivity contribution in [2.45, 2.75) is 38.5 Å². The SMILES string of the molecule is C=C1C2CCC(c3cccc(N)c3C(=O)O)(C2)C1(C)C. The van der Waals surface area contributed by atoms with Gasteiger partial charge in [0.25, 0.3) is 0 Å². The van der Waals surface area contributed by atoms with Crippen molar-refractivity contribution in [1.29, 1.82) is 0 Å². The van der Waals surface area contributed by atoms with Crippen LogP contribution in [0.3, 0.4) is 0 Å². The fourth-order valence-electron chi connectivity index (χ4n) is 4.52. The molecule has 2 aliphatic rings. The molecule has 0 amide bonds. The Labute approximate surface area is 119 Å². The molecule has 0 saturated heterocycles. The minimum Gasteiger partial charge on any atom is -0.478 e. The van der Waals surface area contributed by atoms with Gasteiger partial charge in [0.15, 0.2) is 0 Å². The highest BCUT2D eigenvalue weighted by atomic mass is 16.4. The highest BCUT2D eigenvalue weighted by Crippen LogP contribution is 2.67. The van der Waals surface area contributed by atoms with Gasteiger partial charge in [0, 0.05) is 11.1 Å². The van der Waals surface area contributed by atoms with Crippen LogP contribution in [0.1, 0.15) is 49.0 Å². The van der Waals surface area contributed by atoms with Gasteiger partial charge in [0.2, 0.25) is 0 Å². The second kappa shape index (κ2) is 3.87. The Morgan fingerprint density at radius 3 is 2.70 bits per heavy atom. The summed E-state index contributed by atoms with van der Waals surface area (Å²) in [7, 11) is 0. The zero-order valence-corrected chi connectivity index (χ0v) is 12.1. The standard InChI is InChI=1S/C17H21NO2/c1-10-11-7-8-17(9-11,16(10,2)3)12-5-4-6-13(18)14(12)15(19)20/h4-6,11H,1,7-9,18H2,2-3H3,(H,19,20). The lowest BCUT2D eigenvalue weighted by Gasteiger charge is -2.44. The molecule has 3 rings (SSSR count). The smallest absolute Gasteiger partial charge is 0.338 e. The molecule has 3 N–H and O–H groups in total. The van der Waals surface area contributed by atoms with E-state index in [0.717, 1.165) is 24.8 Å². The Balaban J connectivity index is 2.26. The van der Waals surface area contributed by atoms with Crippen molar-refractivity contribution >= 4 is 11.7 Å². The first-order chi connectivity index (χ1) is 9.31. The van der Waals surface area contributed by atoms with Gasteiger partial charge in [0.05, 0.1) is 5.56 Å². The number of rotatable bonds is 2. The van der Waals surface area contributed by atoms with Gasteiger partial charge in [-0.1, -0.05) is 38.1 Å². The fraction of sp³-hybridized carbons (Fsp3) is 0.471. The fourth-order valence-corrected chi connectivity index (χ4v) is 4.52. The summed E-state index contributed by atoms with van der Waals surface area (Å²) in [6.45, 7) is 8.67. The molecule has 106 valence electrons. The van der Waals surface area contributed by atoms with E-state index >= 15 is 0 Å². The zero-order valence-electron chi connectivity index (χ0n) is 12.1. The number of allylic oxidation sites excluding steroid dienone is 1. The summed E-state index contributed by atoms with van der Waals surface area (Å²) in [6, 6.07) is 5.49. The normalized spacial score (nSPS) is 30.7. The van der Waals surface area contributed by atoms with Gasteiger partial charge in [0.1, 0.15) is 0 Å². The minimum absolute atomic E-state index is 0.0755. The van der Waals surface area contributed by atoms with Crippen LogP contribution >= 0.6 is 0 Å². The van der Waals surface area contributed by atoms with E-state index in [1.165, 1.54) is 5.57 Å². The molecule has 0 spiro atoms. The van der Waals surface area contributed by atoms with E-state index in [0.29, 0.717) is 11.6 Å². The number of carbonyl (C=O) groups is 1. The summed E-state index contributed by atoms with van der Waals surface area (Å²) in [5.74, 6) is -0.405. The van der Waals surface area contributed by atoms with E-state index in [1.807, 2.05) is 12.1 Å². The number of benzene rings is 1. The molecule has 2 unspecified atom stereocenters. The number of hydrogen-bond acceptors (Lipinski definition) is 2. The molecule has 2 aliphatic carbocycles. The van der Waals surface area contributed by atoms with Crippen LogP contribution in [0.5, 0.6) is 0 Å².